The Balaban J connectivity index is 2.13. The van der Waals surface area contributed by atoms with E-state index in [2.05, 4.69) is 69.0 Å². The van der Waals surface area contributed by atoms with E-state index in [1.165, 1.54) is 39.3 Å². The first-order chi connectivity index (χ1) is 8.20. The minimum Gasteiger partial charge on any atom is -0.310 e. The molecule has 0 heterocycles. The van der Waals surface area contributed by atoms with Gasteiger partial charge in [-0.1, -0.05) is 35.7 Å². The molecular weight excluding hydrogens is 389 g/mol. The normalized spacial score (nSPS) is 17.1. The average molecular weight is 408 g/mol. The second-order valence-corrected chi connectivity index (χ2v) is 6.95. The van der Waals surface area contributed by atoms with Gasteiger partial charge in [-0.25, -0.2) is 0 Å². The highest BCUT2D eigenvalue weighted by Crippen LogP contribution is 2.39. The van der Waals surface area contributed by atoms with Gasteiger partial charge in [0.05, 0.1) is 0 Å². The van der Waals surface area contributed by atoms with E-state index in [1.807, 2.05) is 0 Å². The van der Waals surface area contributed by atoms with Crippen molar-refractivity contribution in [3.05, 3.63) is 31.8 Å². The molecule has 1 nitrogen and oxygen atoms in total. The van der Waals surface area contributed by atoms with Crippen LogP contribution in [0.15, 0.2) is 22.7 Å². The van der Waals surface area contributed by atoms with Crippen LogP contribution in [0.5, 0.6) is 0 Å². The lowest BCUT2D eigenvalue weighted by Gasteiger charge is -2.20. The first-order valence-corrected chi connectivity index (χ1v) is 8.26. The molecule has 1 fully saturated rings. The van der Waals surface area contributed by atoms with Crippen LogP contribution in [-0.4, -0.2) is 6.54 Å². The summed E-state index contributed by atoms with van der Waals surface area (Å²) in [6, 6.07) is 7.15. The molecule has 3 heteroatoms. The highest BCUT2D eigenvalue weighted by molar-refractivity contribution is 14.1. The zero-order valence-electron chi connectivity index (χ0n) is 10.2. The molecule has 1 atom stereocenters. The maximum Gasteiger partial charge on any atom is 0.0334 e. The maximum atomic E-state index is 3.69. The van der Waals surface area contributed by atoms with Crippen molar-refractivity contribution in [1.82, 2.24) is 5.32 Å². The fourth-order valence-electron chi connectivity index (χ4n) is 2.11. The molecule has 1 N–H and O–H groups in total. The Bertz CT molecular complexity index is 376. The Kier molecular flexibility index (Phi) is 5.30. The minimum atomic E-state index is 0.520. The van der Waals surface area contributed by atoms with Crippen molar-refractivity contribution < 1.29 is 0 Å². The predicted octanol–water partition coefficient (Wildman–Crippen LogP) is 4.89. The van der Waals surface area contributed by atoms with Crippen molar-refractivity contribution in [2.24, 2.45) is 5.92 Å². The smallest absolute Gasteiger partial charge is 0.0334 e. The molecule has 1 saturated carbocycles. The summed E-state index contributed by atoms with van der Waals surface area (Å²) in [4.78, 5) is 0. The van der Waals surface area contributed by atoms with E-state index in [0.717, 1.165) is 12.5 Å². The van der Waals surface area contributed by atoms with Crippen molar-refractivity contribution in [3.63, 3.8) is 0 Å². The van der Waals surface area contributed by atoms with E-state index in [0.29, 0.717) is 6.04 Å². The van der Waals surface area contributed by atoms with Crippen LogP contribution in [-0.2, 0) is 0 Å². The third-order valence-electron chi connectivity index (χ3n) is 3.24. The average Bonchev–Trinajstić information content (AvgIpc) is 3.11. The van der Waals surface area contributed by atoms with Gasteiger partial charge >= 0.3 is 0 Å². The Morgan fingerprint density at radius 1 is 1.47 bits per heavy atom. The highest BCUT2D eigenvalue weighted by atomic mass is 127. The van der Waals surface area contributed by atoms with Crippen LogP contribution in [0.1, 0.15) is 44.2 Å². The van der Waals surface area contributed by atoms with Gasteiger partial charge in [-0.15, -0.1) is 0 Å². The lowest BCUT2D eigenvalue weighted by molar-refractivity contribution is 0.472. The standard InChI is InChI=1S/C14H19BrIN/c1-2-7-17-14(8-10-3-4-10)12-9-11(16)5-6-13(12)15/h5-6,9-10,14,17H,2-4,7-8H2,1H3. The molecule has 94 valence electrons. The van der Waals surface area contributed by atoms with Gasteiger partial charge in [0.15, 0.2) is 0 Å². The first kappa shape index (κ1) is 13.8. The summed E-state index contributed by atoms with van der Waals surface area (Å²) in [5.74, 6) is 0.953. The summed E-state index contributed by atoms with van der Waals surface area (Å²) in [5.41, 5.74) is 1.43. The van der Waals surface area contributed by atoms with E-state index < -0.39 is 0 Å². The Morgan fingerprint density at radius 2 is 2.24 bits per heavy atom. The van der Waals surface area contributed by atoms with Crippen molar-refractivity contribution >= 4 is 38.5 Å². The monoisotopic (exact) mass is 407 g/mol. The summed E-state index contributed by atoms with van der Waals surface area (Å²) in [7, 11) is 0. The largest absolute Gasteiger partial charge is 0.310 e. The zero-order chi connectivity index (χ0) is 12.3. The number of hydrogen-bond donors (Lipinski definition) is 1. The van der Waals surface area contributed by atoms with Gasteiger partial charge < -0.3 is 5.32 Å². The molecule has 1 aliphatic rings. The van der Waals surface area contributed by atoms with Crippen LogP contribution < -0.4 is 5.32 Å². The molecule has 1 aromatic rings. The zero-order valence-corrected chi connectivity index (χ0v) is 13.9. The Hall–Kier alpha value is 0.390. The number of hydrogen-bond acceptors (Lipinski definition) is 1. The quantitative estimate of drug-likeness (QED) is 0.661. The van der Waals surface area contributed by atoms with Crippen molar-refractivity contribution in [2.45, 2.75) is 38.6 Å². The molecule has 17 heavy (non-hydrogen) atoms. The second kappa shape index (κ2) is 6.53. The van der Waals surface area contributed by atoms with Crippen LogP contribution in [0.4, 0.5) is 0 Å². The molecule has 1 aliphatic carbocycles. The molecule has 0 saturated heterocycles. The Morgan fingerprint density at radius 3 is 2.88 bits per heavy atom. The maximum absolute atomic E-state index is 3.69. The van der Waals surface area contributed by atoms with Gasteiger partial charge in [-0.05, 0) is 71.7 Å². The van der Waals surface area contributed by atoms with E-state index >= 15 is 0 Å². The molecule has 0 spiro atoms. The van der Waals surface area contributed by atoms with Crippen LogP contribution in [0, 0.1) is 9.49 Å². The van der Waals surface area contributed by atoms with Crippen molar-refractivity contribution in [3.8, 4) is 0 Å². The number of rotatable bonds is 6. The SMILES string of the molecule is CCCNC(CC1CC1)c1cc(I)ccc1Br. The van der Waals surface area contributed by atoms with Crippen molar-refractivity contribution in [1.29, 1.82) is 0 Å². The van der Waals surface area contributed by atoms with Gasteiger partial charge in [-0.3, -0.25) is 0 Å². The highest BCUT2D eigenvalue weighted by Gasteiger charge is 2.26. The topological polar surface area (TPSA) is 12.0 Å². The van der Waals surface area contributed by atoms with Gasteiger partial charge in [0.2, 0.25) is 0 Å². The van der Waals surface area contributed by atoms with Gasteiger partial charge in [0.1, 0.15) is 0 Å². The molecule has 0 bridgehead atoms. The fraction of sp³-hybridized carbons (Fsp3) is 0.571. The van der Waals surface area contributed by atoms with Crippen LogP contribution in [0.25, 0.3) is 0 Å². The first-order valence-electron chi connectivity index (χ1n) is 6.39. The van der Waals surface area contributed by atoms with Gasteiger partial charge in [0.25, 0.3) is 0 Å². The number of nitrogens with one attached hydrogen (secondary N) is 1. The van der Waals surface area contributed by atoms with E-state index in [-0.39, 0.29) is 0 Å². The second-order valence-electron chi connectivity index (χ2n) is 4.85. The third kappa shape index (κ3) is 4.21. The van der Waals surface area contributed by atoms with Crippen LogP contribution in [0.2, 0.25) is 0 Å². The molecule has 2 rings (SSSR count). The van der Waals surface area contributed by atoms with E-state index in [9.17, 15) is 0 Å². The van der Waals surface area contributed by atoms with E-state index in [4.69, 9.17) is 0 Å². The molecule has 0 aromatic heterocycles. The lowest BCUT2D eigenvalue weighted by Crippen LogP contribution is -2.23. The summed E-state index contributed by atoms with van der Waals surface area (Å²) < 4.78 is 2.56. The number of benzene rings is 1. The third-order valence-corrected chi connectivity index (χ3v) is 4.63. The Labute approximate surface area is 126 Å². The summed E-state index contributed by atoms with van der Waals surface area (Å²) >= 11 is 6.08. The fourth-order valence-corrected chi connectivity index (χ4v) is 3.15. The van der Waals surface area contributed by atoms with E-state index in [1.54, 1.807) is 0 Å². The summed E-state index contributed by atoms with van der Waals surface area (Å²) in [6.07, 6.45) is 5.33. The minimum absolute atomic E-state index is 0.520. The molecule has 1 aromatic carbocycles. The molecule has 0 aliphatic heterocycles. The van der Waals surface area contributed by atoms with Gasteiger partial charge in [0, 0.05) is 14.1 Å². The number of halogens is 2. The lowest BCUT2D eigenvalue weighted by atomic mass is 10.0. The molecule has 0 amide bonds. The summed E-state index contributed by atoms with van der Waals surface area (Å²) in [5, 5.41) is 3.69. The molecular formula is C14H19BrIN. The molecule has 1 unspecified atom stereocenters. The summed E-state index contributed by atoms with van der Waals surface area (Å²) in [6.45, 7) is 3.33. The van der Waals surface area contributed by atoms with Crippen molar-refractivity contribution in [2.75, 3.05) is 6.54 Å². The van der Waals surface area contributed by atoms with Crippen LogP contribution >= 0.6 is 38.5 Å². The predicted molar refractivity (Wildman–Crippen MR) is 85.2 cm³/mol. The molecule has 0 radical (unpaired) electrons. The van der Waals surface area contributed by atoms with Gasteiger partial charge in [-0.2, -0.15) is 0 Å². The van der Waals surface area contributed by atoms with Crippen LogP contribution in [0.3, 0.4) is 0 Å².